The van der Waals surface area contributed by atoms with Gasteiger partial charge in [0.05, 0.1) is 6.61 Å². The molecular weight excluding hydrogens is 348 g/mol. The van der Waals surface area contributed by atoms with E-state index in [1.165, 1.54) is 6.08 Å². The summed E-state index contributed by atoms with van der Waals surface area (Å²) >= 11 is 0. The lowest BCUT2D eigenvalue weighted by Crippen LogP contribution is -2.03. The Morgan fingerprint density at radius 3 is 2.36 bits per heavy atom. The fourth-order valence-electron chi connectivity index (χ4n) is 3.29. The molecule has 28 heavy (non-hydrogen) atoms. The molecule has 0 aliphatic carbocycles. The van der Waals surface area contributed by atoms with Gasteiger partial charge in [0, 0.05) is 6.08 Å². The molecule has 3 heteroatoms. The highest BCUT2D eigenvalue weighted by atomic mass is 16.5. The third-order valence-corrected chi connectivity index (χ3v) is 4.77. The van der Waals surface area contributed by atoms with Gasteiger partial charge in [0.15, 0.2) is 0 Å². The van der Waals surface area contributed by atoms with Crippen LogP contribution in [0.15, 0.2) is 79.4 Å². The molecule has 0 aliphatic rings. The van der Waals surface area contributed by atoms with E-state index in [1.807, 2.05) is 36.4 Å². The molecule has 3 aromatic carbocycles. The first kappa shape index (κ1) is 19.6. The molecule has 0 bridgehead atoms. The molecule has 0 unspecified atom stereocenters. The summed E-state index contributed by atoms with van der Waals surface area (Å²) in [5.41, 5.74) is 7.26. The van der Waals surface area contributed by atoms with E-state index in [0.29, 0.717) is 0 Å². The first-order valence-corrected chi connectivity index (χ1v) is 9.36. The van der Waals surface area contributed by atoms with Crippen molar-refractivity contribution in [1.29, 1.82) is 0 Å². The van der Waals surface area contributed by atoms with Crippen LogP contribution in [0.5, 0.6) is 0 Å². The summed E-state index contributed by atoms with van der Waals surface area (Å²) in [4.78, 5) is 11.6. The average Bonchev–Trinajstić information content (AvgIpc) is 2.77. The molecule has 1 N–H and O–H groups in total. The van der Waals surface area contributed by atoms with Crippen molar-refractivity contribution >= 4 is 5.97 Å². The van der Waals surface area contributed by atoms with Crippen LogP contribution < -0.4 is 0 Å². The minimum Gasteiger partial charge on any atom is -0.458 e. The highest BCUT2D eigenvalue weighted by Gasteiger charge is 2.13. The van der Waals surface area contributed by atoms with Crippen molar-refractivity contribution in [2.24, 2.45) is 0 Å². The van der Waals surface area contributed by atoms with Crippen LogP contribution in [0.1, 0.15) is 23.6 Å². The lowest BCUT2D eigenvalue weighted by atomic mass is 9.91. The van der Waals surface area contributed by atoms with Gasteiger partial charge in [-0.3, -0.25) is 0 Å². The second-order valence-corrected chi connectivity index (χ2v) is 6.55. The number of carbonyl (C=O) groups is 1. The van der Waals surface area contributed by atoms with Crippen molar-refractivity contribution in [3.8, 4) is 22.3 Å². The van der Waals surface area contributed by atoms with E-state index < -0.39 is 5.97 Å². The summed E-state index contributed by atoms with van der Waals surface area (Å²) in [6.45, 7) is 5.75. The lowest BCUT2D eigenvalue weighted by molar-refractivity contribution is -0.138. The summed E-state index contributed by atoms with van der Waals surface area (Å²) < 4.78 is 5.35. The first-order valence-electron chi connectivity index (χ1n) is 9.36. The van der Waals surface area contributed by atoms with Gasteiger partial charge in [0.1, 0.15) is 6.61 Å². The molecule has 0 radical (unpaired) electrons. The second-order valence-electron chi connectivity index (χ2n) is 6.55. The van der Waals surface area contributed by atoms with E-state index in [4.69, 9.17) is 4.74 Å². The smallest absolute Gasteiger partial charge is 0.330 e. The summed E-state index contributed by atoms with van der Waals surface area (Å²) in [7, 11) is 0. The number of aliphatic hydroxyl groups is 1. The molecule has 3 rings (SSSR count). The maximum atomic E-state index is 11.6. The second kappa shape index (κ2) is 9.16. The van der Waals surface area contributed by atoms with Crippen LogP contribution in [-0.4, -0.2) is 11.1 Å². The van der Waals surface area contributed by atoms with Crippen molar-refractivity contribution in [3.63, 3.8) is 0 Å². The highest BCUT2D eigenvalue weighted by Crippen LogP contribution is 2.32. The first-order chi connectivity index (χ1) is 13.7. The van der Waals surface area contributed by atoms with Gasteiger partial charge in [-0.15, -0.1) is 0 Å². The van der Waals surface area contributed by atoms with Crippen LogP contribution in [0, 0.1) is 0 Å². The van der Waals surface area contributed by atoms with Crippen LogP contribution in [0.3, 0.4) is 0 Å². The molecular formula is C25H24O3. The number of aryl methyl sites for hydroxylation is 1. The standard InChI is InChI=1S/C25H24O3/c1-3-19-14-18(16-26)10-12-23(19)24-13-11-21(20-8-6-5-7-9-20)15-22(24)17-28-25(27)4-2/h4-15,26H,2-3,16-17H2,1H3. The number of carbonyl (C=O) groups excluding carboxylic acids is 1. The van der Waals surface area contributed by atoms with Gasteiger partial charge in [-0.2, -0.15) is 0 Å². The van der Waals surface area contributed by atoms with Crippen molar-refractivity contribution < 1.29 is 14.6 Å². The summed E-state index contributed by atoms with van der Waals surface area (Å²) in [6, 6.07) is 22.3. The summed E-state index contributed by atoms with van der Waals surface area (Å²) in [6.07, 6.45) is 2.02. The van der Waals surface area contributed by atoms with Crippen molar-refractivity contribution in [2.75, 3.05) is 0 Å². The molecule has 0 fully saturated rings. The Morgan fingerprint density at radius 2 is 1.68 bits per heavy atom. The van der Waals surface area contributed by atoms with Gasteiger partial charge < -0.3 is 9.84 Å². The maximum Gasteiger partial charge on any atom is 0.330 e. The van der Waals surface area contributed by atoms with E-state index in [2.05, 4.69) is 43.8 Å². The largest absolute Gasteiger partial charge is 0.458 e. The van der Waals surface area contributed by atoms with Crippen molar-refractivity contribution in [1.82, 2.24) is 0 Å². The molecule has 142 valence electrons. The number of aliphatic hydroxyl groups excluding tert-OH is 1. The molecule has 3 aromatic rings. The fraction of sp³-hybridized carbons (Fsp3) is 0.160. The summed E-state index contributed by atoms with van der Waals surface area (Å²) in [5.74, 6) is -0.442. The minimum absolute atomic E-state index is 0.0179. The molecule has 0 heterocycles. The fourth-order valence-corrected chi connectivity index (χ4v) is 3.29. The van der Waals surface area contributed by atoms with Crippen LogP contribution in [0.2, 0.25) is 0 Å². The minimum atomic E-state index is -0.442. The van der Waals surface area contributed by atoms with E-state index in [1.54, 1.807) is 0 Å². The highest BCUT2D eigenvalue weighted by molar-refractivity contribution is 5.81. The Labute approximate surface area is 165 Å². The third kappa shape index (κ3) is 4.38. The lowest BCUT2D eigenvalue weighted by Gasteiger charge is -2.16. The zero-order chi connectivity index (χ0) is 19.9. The van der Waals surface area contributed by atoms with Crippen LogP contribution in [0.25, 0.3) is 22.3 Å². The van der Waals surface area contributed by atoms with E-state index in [-0.39, 0.29) is 13.2 Å². The van der Waals surface area contributed by atoms with E-state index in [0.717, 1.165) is 45.4 Å². The Balaban J connectivity index is 2.09. The predicted molar refractivity (Wildman–Crippen MR) is 113 cm³/mol. The molecule has 0 saturated heterocycles. The van der Waals surface area contributed by atoms with Gasteiger partial charge in [0.2, 0.25) is 0 Å². The molecule has 0 atom stereocenters. The Kier molecular flexibility index (Phi) is 6.41. The predicted octanol–water partition coefficient (Wildman–Crippen LogP) is 5.30. The monoisotopic (exact) mass is 372 g/mol. The van der Waals surface area contributed by atoms with Gasteiger partial charge in [-0.1, -0.05) is 74.2 Å². The number of ether oxygens (including phenoxy) is 1. The SMILES string of the molecule is C=CC(=O)OCc1cc(-c2ccccc2)ccc1-c1ccc(CO)cc1CC. The van der Waals surface area contributed by atoms with Gasteiger partial charge >= 0.3 is 5.97 Å². The topological polar surface area (TPSA) is 46.5 Å². The molecule has 3 nitrogen and oxygen atoms in total. The van der Waals surface area contributed by atoms with Gasteiger partial charge in [-0.25, -0.2) is 4.79 Å². The van der Waals surface area contributed by atoms with Crippen molar-refractivity contribution in [3.05, 3.63) is 96.1 Å². The summed E-state index contributed by atoms with van der Waals surface area (Å²) in [5, 5.41) is 9.44. The maximum absolute atomic E-state index is 11.6. The Hall–Kier alpha value is -3.17. The quantitative estimate of drug-likeness (QED) is 0.452. The Morgan fingerprint density at radius 1 is 0.964 bits per heavy atom. The normalized spacial score (nSPS) is 10.5. The Bertz CT molecular complexity index is 974. The molecule has 0 spiro atoms. The molecule has 0 amide bonds. The number of hydrogen-bond acceptors (Lipinski definition) is 3. The van der Waals surface area contributed by atoms with Crippen molar-refractivity contribution in [2.45, 2.75) is 26.6 Å². The molecule has 0 aliphatic heterocycles. The molecule has 0 saturated carbocycles. The van der Waals surface area contributed by atoms with E-state index >= 15 is 0 Å². The van der Waals surface area contributed by atoms with Crippen LogP contribution >= 0.6 is 0 Å². The van der Waals surface area contributed by atoms with Crippen LogP contribution in [0.4, 0.5) is 0 Å². The average molecular weight is 372 g/mol. The number of esters is 1. The molecule has 0 aromatic heterocycles. The number of rotatable bonds is 7. The van der Waals surface area contributed by atoms with E-state index in [9.17, 15) is 9.90 Å². The number of benzene rings is 3. The van der Waals surface area contributed by atoms with Gasteiger partial charge in [-0.05, 0) is 51.4 Å². The van der Waals surface area contributed by atoms with Gasteiger partial charge in [0.25, 0.3) is 0 Å². The number of hydrogen-bond donors (Lipinski definition) is 1. The van der Waals surface area contributed by atoms with Crippen LogP contribution in [-0.2, 0) is 29.2 Å². The zero-order valence-electron chi connectivity index (χ0n) is 16.0. The zero-order valence-corrected chi connectivity index (χ0v) is 16.0. The third-order valence-electron chi connectivity index (χ3n) is 4.77.